The topological polar surface area (TPSA) is 194 Å². The number of hydrogen-bond donors (Lipinski definition) is 3. The molecular formula is C20H30O14. The van der Waals surface area contributed by atoms with E-state index in [0.717, 1.165) is 27.7 Å². The Labute approximate surface area is 194 Å². The molecule has 34 heavy (non-hydrogen) atoms. The van der Waals surface area contributed by atoms with Gasteiger partial charge in [-0.15, -0.1) is 0 Å². The molecule has 2 aliphatic rings. The van der Waals surface area contributed by atoms with E-state index in [0.29, 0.717) is 0 Å². The van der Waals surface area contributed by atoms with Crippen molar-refractivity contribution in [2.45, 2.75) is 89.4 Å². The summed E-state index contributed by atoms with van der Waals surface area (Å²) in [4.78, 5) is 46.8. The molecule has 2 saturated heterocycles. The van der Waals surface area contributed by atoms with Gasteiger partial charge in [0.15, 0.2) is 30.9 Å². The van der Waals surface area contributed by atoms with Crippen LogP contribution in [0.25, 0.3) is 0 Å². The lowest BCUT2D eigenvalue weighted by Crippen LogP contribution is -2.64. The zero-order valence-electron chi connectivity index (χ0n) is 19.1. The van der Waals surface area contributed by atoms with Crippen LogP contribution in [0.5, 0.6) is 0 Å². The molecule has 0 aliphatic carbocycles. The van der Waals surface area contributed by atoms with Gasteiger partial charge in [0.25, 0.3) is 0 Å². The Bertz CT molecular complexity index is 741. The van der Waals surface area contributed by atoms with Crippen molar-refractivity contribution in [3.8, 4) is 0 Å². The van der Waals surface area contributed by atoms with E-state index in [2.05, 4.69) is 0 Å². The van der Waals surface area contributed by atoms with Gasteiger partial charge in [-0.05, 0) is 0 Å². The number of hydrogen-bond acceptors (Lipinski definition) is 14. The summed E-state index contributed by atoms with van der Waals surface area (Å²) in [6.45, 7) is 3.26. The highest BCUT2D eigenvalue weighted by molar-refractivity contribution is 5.68. The number of ether oxygens (including phenoxy) is 7. The van der Waals surface area contributed by atoms with Crippen molar-refractivity contribution < 1.29 is 67.7 Å². The number of rotatable bonds is 8. The van der Waals surface area contributed by atoms with Crippen LogP contribution in [0.4, 0.5) is 0 Å². The molecule has 14 heteroatoms. The van der Waals surface area contributed by atoms with Gasteiger partial charge in [0, 0.05) is 34.1 Å². The highest BCUT2D eigenvalue weighted by Crippen LogP contribution is 2.32. The number of aliphatic hydroxyl groups excluding tert-OH is 3. The van der Waals surface area contributed by atoms with E-state index in [9.17, 15) is 34.5 Å². The third-order valence-corrected chi connectivity index (χ3v) is 4.94. The van der Waals surface area contributed by atoms with E-state index in [1.807, 2.05) is 0 Å². The molecule has 0 spiro atoms. The lowest BCUT2D eigenvalue weighted by Gasteiger charge is -2.46. The first-order chi connectivity index (χ1) is 15.9. The van der Waals surface area contributed by atoms with Crippen molar-refractivity contribution in [3.05, 3.63) is 0 Å². The molecule has 0 radical (unpaired) electrons. The summed E-state index contributed by atoms with van der Waals surface area (Å²) in [7, 11) is 0. The largest absolute Gasteiger partial charge is 0.463 e. The molecule has 9 atom stereocenters. The third-order valence-electron chi connectivity index (χ3n) is 4.94. The summed E-state index contributed by atoms with van der Waals surface area (Å²) < 4.78 is 37.6. The number of aliphatic hydroxyl groups is 3. The van der Waals surface area contributed by atoms with E-state index < -0.39 is 92.4 Å². The fraction of sp³-hybridized carbons (Fsp3) is 0.800. The van der Waals surface area contributed by atoms with Crippen LogP contribution in [0.1, 0.15) is 34.1 Å². The molecule has 3 N–H and O–H groups in total. The average molecular weight is 494 g/mol. The summed E-state index contributed by atoms with van der Waals surface area (Å²) in [5, 5.41) is 29.7. The lowest BCUT2D eigenvalue weighted by molar-refractivity contribution is -0.344. The van der Waals surface area contributed by atoms with E-state index in [-0.39, 0.29) is 6.42 Å². The first kappa shape index (κ1) is 27.9. The molecule has 0 saturated carbocycles. The molecule has 0 amide bonds. The fourth-order valence-corrected chi connectivity index (χ4v) is 3.70. The van der Waals surface area contributed by atoms with Crippen molar-refractivity contribution in [3.63, 3.8) is 0 Å². The van der Waals surface area contributed by atoms with Crippen LogP contribution in [0.15, 0.2) is 0 Å². The second-order valence-corrected chi connectivity index (χ2v) is 7.78. The van der Waals surface area contributed by atoms with Crippen molar-refractivity contribution >= 4 is 23.9 Å². The van der Waals surface area contributed by atoms with Crippen LogP contribution in [0.2, 0.25) is 0 Å². The summed E-state index contributed by atoms with van der Waals surface area (Å²) >= 11 is 0. The quantitative estimate of drug-likeness (QED) is 0.246. The monoisotopic (exact) mass is 494 g/mol. The van der Waals surface area contributed by atoms with Crippen LogP contribution < -0.4 is 0 Å². The van der Waals surface area contributed by atoms with Crippen LogP contribution in [0, 0.1) is 0 Å². The molecular weight excluding hydrogens is 464 g/mol. The molecule has 0 aromatic carbocycles. The van der Waals surface area contributed by atoms with Gasteiger partial charge in [0.1, 0.15) is 24.9 Å². The lowest BCUT2D eigenvalue weighted by atomic mass is 9.97. The van der Waals surface area contributed by atoms with Gasteiger partial charge < -0.3 is 48.5 Å². The van der Waals surface area contributed by atoms with Gasteiger partial charge in [-0.2, -0.15) is 0 Å². The molecule has 2 heterocycles. The third kappa shape index (κ3) is 7.58. The SMILES string of the molecule is CC(=O)OC[C@H]1O[C@@H](O[C@H]2[C@H](O)C[C@H](O)O[C@@H]2CO)[C@H](OC(C)=O)[C@@H](OC(C)=O)[C@H]1OC(C)=O. The fourth-order valence-electron chi connectivity index (χ4n) is 3.70. The van der Waals surface area contributed by atoms with Crippen molar-refractivity contribution in [2.75, 3.05) is 13.2 Å². The average Bonchev–Trinajstić information content (AvgIpc) is 2.71. The molecule has 0 aromatic rings. The van der Waals surface area contributed by atoms with Crippen molar-refractivity contribution in [2.24, 2.45) is 0 Å². The Kier molecular flexibility index (Phi) is 10.1. The van der Waals surface area contributed by atoms with Gasteiger partial charge in [-0.1, -0.05) is 0 Å². The molecule has 2 fully saturated rings. The minimum absolute atomic E-state index is 0.257. The minimum Gasteiger partial charge on any atom is -0.463 e. The zero-order chi connectivity index (χ0) is 25.6. The van der Waals surface area contributed by atoms with Gasteiger partial charge >= 0.3 is 23.9 Å². The maximum absolute atomic E-state index is 11.8. The number of carbonyl (C=O) groups excluding carboxylic acids is 4. The van der Waals surface area contributed by atoms with Crippen molar-refractivity contribution in [1.29, 1.82) is 0 Å². The van der Waals surface area contributed by atoms with E-state index >= 15 is 0 Å². The second-order valence-electron chi connectivity index (χ2n) is 7.78. The Morgan fingerprint density at radius 3 is 1.85 bits per heavy atom. The minimum atomic E-state index is -1.56. The maximum atomic E-state index is 11.8. The Morgan fingerprint density at radius 1 is 0.765 bits per heavy atom. The molecule has 0 aromatic heterocycles. The molecule has 0 unspecified atom stereocenters. The van der Waals surface area contributed by atoms with Gasteiger partial charge in [0.05, 0.1) is 12.7 Å². The standard InChI is InChI=1S/C20H30O14/c1-8(22)28-7-14-17(29-9(2)23)18(30-10(3)24)19(31-11(4)25)20(33-14)34-16-12(26)5-15(27)32-13(16)6-21/h12-21,26-27H,5-7H2,1-4H3/t12-,13-,14-,15-,16+,17+,18+,19-,20+/m1/s1. The predicted octanol–water partition coefficient (Wildman–Crippen LogP) is -2.08. The van der Waals surface area contributed by atoms with Crippen LogP contribution >= 0.6 is 0 Å². The molecule has 2 rings (SSSR count). The highest BCUT2D eigenvalue weighted by atomic mass is 16.7. The smallest absolute Gasteiger partial charge is 0.303 e. The van der Waals surface area contributed by atoms with Crippen LogP contribution in [-0.2, 0) is 52.3 Å². The van der Waals surface area contributed by atoms with Gasteiger partial charge in [-0.3, -0.25) is 19.2 Å². The molecule has 0 bridgehead atoms. The molecule has 14 nitrogen and oxygen atoms in total. The number of carbonyl (C=O) groups is 4. The Hall–Kier alpha value is -2.36. The first-order valence-corrected chi connectivity index (χ1v) is 10.5. The highest BCUT2D eigenvalue weighted by Gasteiger charge is 2.54. The summed E-state index contributed by atoms with van der Waals surface area (Å²) in [6.07, 6.45) is -12.5. The van der Waals surface area contributed by atoms with Crippen LogP contribution in [0.3, 0.4) is 0 Å². The van der Waals surface area contributed by atoms with E-state index in [1.54, 1.807) is 0 Å². The summed E-state index contributed by atoms with van der Waals surface area (Å²) in [5.74, 6) is -3.11. The Balaban J connectivity index is 2.43. The van der Waals surface area contributed by atoms with Gasteiger partial charge in [0.2, 0.25) is 0 Å². The normalized spacial score (nSPS) is 35.7. The zero-order valence-corrected chi connectivity index (χ0v) is 19.1. The Morgan fingerprint density at radius 2 is 1.32 bits per heavy atom. The van der Waals surface area contributed by atoms with Crippen LogP contribution in [-0.4, -0.2) is 108 Å². The predicted molar refractivity (Wildman–Crippen MR) is 105 cm³/mol. The summed E-state index contributed by atoms with van der Waals surface area (Å²) in [5.41, 5.74) is 0. The van der Waals surface area contributed by atoms with Gasteiger partial charge in [-0.25, -0.2) is 0 Å². The molecule has 194 valence electrons. The number of esters is 4. The summed E-state index contributed by atoms with van der Waals surface area (Å²) in [6, 6.07) is 0. The maximum Gasteiger partial charge on any atom is 0.303 e. The van der Waals surface area contributed by atoms with Crippen molar-refractivity contribution in [1.82, 2.24) is 0 Å². The first-order valence-electron chi connectivity index (χ1n) is 10.5. The molecule has 2 aliphatic heterocycles. The second kappa shape index (κ2) is 12.4. The van der Waals surface area contributed by atoms with E-state index in [4.69, 9.17) is 33.2 Å². The van der Waals surface area contributed by atoms with E-state index in [1.165, 1.54) is 0 Å².